The summed E-state index contributed by atoms with van der Waals surface area (Å²) >= 11 is 0. The van der Waals surface area contributed by atoms with Gasteiger partial charge in [-0.3, -0.25) is 5.32 Å². The summed E-state index contributed by atoms with van der Waals surface area (Å²) in [7, 11) is 0. The van der Waals surface area contributed by atoms with Crippen LogP contribution < -0.4 is 5.32 Å². The van der Waals surface area contributed by atoms with Crippen molar-refractivity contribution in [2.75, 3.05) is 6.54 Å². The maximum absolute atomic E-state index is 9.06. The van der Waals surface area contributed by atoms with E-state index in [1.54, 1.807) is 0 Å². The van der Waals surface area contributed by atoms with Crippen LogP contribution in [0, 0.1) is 11.3 Å². The summed E-state index contributed by atoms with van der Waals surface area (Å²) in [6.45, 7) is 7.28. The van der Waals surface area contributed by atoms with Crippen LogP contribution >= 0.6 is 0 Å². The molecule has 1 N–H and O–H groups in total. The topological polar surface area (TPSA) is 35.8 Å². The molecule has 0 aliphatic rings. The minimum atomic E-state index is -0.302. The second kappa shape index (κ2) is 7.82. The Morgan fingerprint density at radius 3 is 2.36 bits per heavy atom. The van der Waals surface area contributed by atoms with E-state index < -0.39 is 0 Å². The second-order valence-electron chi connectivity index (χ2n) is 4.18. The molecular weight excluding hydrogens is 172 g/mol. The lowest BCUT2D eigenvalue weighted by molar-refractivity contribution is 0.399. The molecule has 2 heteroatoms. The number of hydrogen-bond donors (Lipinski definition) is 1. The van der Waals surface area contributed by atoms with Crippen molar-refractivity contribution in [3.05, 3.63) is 0 Å². The highest BCUT2D eigenvalue weighted by Crippen LogP contribution is 2.14. The molecule has 0 aliphatic carbocycles. The van der Waals surface area contributed by atoms with Gasteiger partial charge in [0.25, 0.3) is 0 Å². The summed E-state index contributed by atoms with van der Waals surface area (Å²) in [6.07, 6.45) is 7.02. The standard InChI is InChI=1S/C12H24N2/c1-4-6-7-8-9-12(3,11-13)14-10-5-2/h14H,4-10H2,1-3H3. The first-order valence-electron chi connectivity index (χ1n) is 5.84. The van der Waals surface area contributed by atoms with Crippen molar-refractivity contribution in [1.82, 2.24) is 5.32 Å². The van der Waals surface area contributed by atoms with Gasteiger partial charge in [0, 0.05) is 0 Å². The van der Waals surface area contributed by atoms with Gasteiger partial charge in [0.05, 0.1) is 6.07 Å². The lowest BCUT2D eigenvalue weighted by atomic mass is 9.95. The average molecular weight is 196 g/mol. The Hall–Kier alpha value is -0.550. The molecule has 82 valence electrons. The third-order valence-corrected chi connectivity index (χ3v) is 2.54. The molecule has 14 heavy (non-hydrogen) atoms. The fourth-order valence-corrected chi connectivity index (χ4v) is 1.49. The summed E-state index contributed by atoms with van der Waals surface area (Å²) in [5.41, 5.74) is -0.302. The van der Waals surface area contributed by atoms with Crippen molar-refractivity contribution in [3.8, 4) is 6.07 Å². The molecule has 0 spiro atoms. The molecule has 0 fully saturated rings. The number of rotatable bonds is 8. The molecule has 0 radical (unpaired) electrons. The Balaban J connectivity index is 3.70. The molecule has 0 aliphatic heterocycles. The zero-order valence-corrected chi connectivity index (χ0v) is 9.90. The number of hydrogen-bond acceptors (Lipinski definition) is 2. The molecule has 0 saturated carbocycles. The third-order valence-electron chi connectivity index (χ3n) is 2.54. The van der Waals surface area contributed by atoms with Gasteiger partial charge in [-0.05, 0) is 26.3 Å². The van der Waals surface area contributed by atoms with Gasteiger partial charge in [-0.1, -0.05) is 39.5 Å². The molecule has 0 amide bonds. The molecule has 1 atom stereocenters. The van der Waals surface area contributed by atoms with Crippen molar-refractivity contribution in [3.63, 3.8) is 0 Å². The van der Waals surface area contributed by atoms with Gasteiger partial charge >= 0.3 is 0 Å². The van der Waals surface area contributed by atoms with E-state index in [0.717, 1.165) is 25.8 Å². The maximum atomic E-state index is 9.06. The van der Waals surface area contributed by atoms with Crippen LogP contribution in [0.2, 0.25) is 0 Å². The normalized spacial score (nSPS) is 14.7. The van der Waals surface area contributed by atoms with Crippen molar-refractivity contribution >= 4 is 0 Å². The lowest BCUT2D eigenvalue weighted by Gasteiger charge is -2.22. The van der Waals surface area contributed by atoms with Crippen LogP contribution in [0.4, 0.5) is 0 Å². The molecule has 0 aromatic rings. The van der Waals surface area contributed by atoms with Gasteiger partial charge in [0.15, 0.2) is 0 Å². The summed E-state index contributed by atoms with van der Waals surface area (Å²) in [4.78, 5) is 0. The van der Waals surface area contributed by atoms with Gasteiger partial charge in [-0.15, -0.1) is 0 Å². The molecule has 0 aromatic carbocycles. The summed E-state index contributed by atoms with van der Waals surface area (Å²) in [5, 5.41) is 12.4. The Bertz CT molecular complexity index is 172. The van der Waals surface area contributed by atoms with Crippen LogP contribution in [0.1, 0.15) is 59.3 Å². The predicted molar refractivity (Wildman–Crippen MR) is 61.1 cm³/mol. The number of nitrogens with one attached hydrogen (secondary N) is 1. The largest absolute Gasteiger partial charge is 0.300 e. The second-order valence-corrected chi connectivity index (χ2v) is 4.18. The van der Waals surface area contributed by atoms with Crippen LogP contribution in [0.25, 0.3) is 0 Å². The SMILES string of the molecule is CCCCCCC(C)(C#N)NCCC. The molecular formula is C12H24N2. The van der Waals surface area contributed by atoms with Gasteiger partial charge in [0.2, 0.25) is 0 Å². The minimum Gasteiger partial charge on any atom is -0.300 e. The molecule has 0 bridgehead atoms. The zero-order valence-electron chi connectivity index (χ0n) is 9.90. The van der Waals surface area contributed by atoms with Crippen molar-refractivity contribution in [2.24, 2.45) is 0 Å². The van der Waals surface area contributed by atoms with E-state index in [-0.39, 0.29) is 5.54 Å². The highest BCUT2D eigenvalue weighted by atomic mass is 15.0. The van der Waals surface area contributed by atoms with E-state index in [4.69, 9.17) is 5.26 Å². The number of unbranched alkanes of at least 4 members (excludes halogenated alkanes) is 3. The van der Waals surface area contributed by atoms with Crippen molar-refractivity contribution in [1.29, 1.82) is 5.26 Å². The number of nitrogens with zero attached hydrogens (tertiary/aromatic N) is 1. The van der Waals surface area contributed by atoms with Crippen molar-refractivity contribution in [2.45, 2.75) is 64.8 Å². The zero-order chi connectivity index (χ0) is 10.9. The van der Waals surface area contributed by atoms with E-state index in [1.165, 1.54) is 19.3 Å². The summed E-state index contributed by atoms with van der Waals surface area (Å²) in [6, 6.07) is 2.38. The fraction of sp³-hybridized carbons (Fsp3) is 0.917. The molecule has 1 unspecified atom stereocenters. The maximum Gasteiger partial charge on any atom is 0.103 e. The van der Waals surface area contributed by atoms with E-state index in [1.807, 2.05) is 6.92 Å². The Morgan fingerprint density at radius 2 is 1.86 bits per heavy atom. The highest BCUT2D eigenvalue weighted by Gasteiger charge is 2.21. The first-order valence-corrected chi connectivity index (χ1v) is 5.84. The lowest BCUT2D eigenvalue weighted by Crippen LogP contribution is -2.41. The minimum absolute atomic E-state index is 0.302. The molecule has 0 aromatic heterocycles. The average Bonchev–Trinajstić information content (AvgIpc) is 2.22. The van der Waals surface area contributed by atoms with Gasteiger partial charge < -0.3 is 0 Å². The first kappa shape index (κ1) is 13.4. The monoisotopic (exact) mass is 196 g/mol. The van der Waals surface area contributed by atoms with Gasteiger partial charge in [0.1, 0.15) is 5.54 Å². The molecule has 2 nitrogen and oxygen atoms in total. The van der Waals surface area contributed by atoms with Crippen LogP contribution in [0.5, 0.6) is 0 Å². The van der Waals surface area contributed by atoms with E-state index >= 15 is 0 Å². The third kappa shape index (κ3) is 5.99. The fourth-order valence-electron chi connectivity index (χ4n) is 1.49. The quantitative estimate of drug-likeness (QED) is 0.605. The number of nitriles is 1. The summed E-state index contributed by atoms with van der Waals surface area (Å²) < 4.78 is 0. The Kier molecular flexibility index (Phi) is 7.51. The Morgan fingerprint density at radius 1 is 1.14 bits per heavy atom. The van der Waals surface area contributed by atoms with Crippen molar-refractivity contribution < 1.29 is 0 Å². The van der Waals surface area contributed by atoms with Gasteiger partial charge in [-0.25, -0.2) is 0 Å². The Labute approximate surface area is 88.7 Å². The molecule has 0 heterocycles. The van der Waals surface area contributed by atoms with E-state index in [2.05, 4.69) is 25.2 Å². The highest BCUT2D eigenvalue weighted by molar-refractivity contribution is 5.03. The van der Waals surface area contributed by atoms with Crippen LogP contribution in [-0.4, -0.2) is 12.1 Å². The van der Waals surface area contributed by atoms with E-state index in [0.29, 0.717) is 0 Å². The molecule has 0 rings (SSSR count). The van der Waals surface area contributed by atoms with Gasteiger partial charge in [-0.2, -0.15) is 5.26 Å². The van der Waals surface area contributed by atoms with E-state index in [9.17, 15) is 0 Å². The first-order chi connectivity index (χ1) is 6.68. The van der Waals surface area contributed by atoms with Crippen LogP contribution in [-0.2, 0) is 0 Å². The smallest absolute Gasteiger partial charge is 0.103 e. The predicted octanol–water partition coefficient (Wildman–Crippen LogP) is 3.24. The molecule has 0 saturated heterocycles. The van der Waals surface area contributed by atoms with Crippen LogP contribution in [0.15, 0.2) is 0 Å². The summed E-state index contributed by atoms with van der Waals surface area (Å²) in [5.74, 6) is 0. The van der Waals surface area contributed by atoms with Crippen LogP contribution in [0.3, 0.4) is 0 Å².